The molecule has 2 nitrogen and oxygen atoms in total. The van der Waals surface area contributed by atoms with Crippen LogP contribution >= 0.6 is 27.3 Å². The normalized spacial score (nSPS) is 17.3. The maximum atomic E-state index is 11.8. The summed E-state index contributed by atoms with van der Waals surface area (Å²) in [4.78, 5) is 12.6. The molecule has 1 aliphatic rings. The van der Waals surface area contributed by atoms with Crippen LogP contribution in [0.5, 0.6) is 0 Å². The average molecular weight is 302 g/mol. The molecule has 0 unspecified atom stereocenters. The van der Waals surface area contributed by atoms with Crippen LogP contribution < -0.4 is 5.32 Å². The van der Waals surface area contributed by atoms with Crippen LogP contribution in [0.1, 0.15) is 41.8 Å². The van der Waals surface area contributed by atoms with Gasteiger partial charge in [-0.25, -0.2) is 0 Å². The Labute approximate surface area is 109 Å². The Hall–Kier alpha value is -0.350. The van der Waals surface area contributed by atoms with Gasteiger partial charge in [-0.2, -0.15) is 0 Å². The molecule has 1 aliphatic carbocycles. The van der Waals surface area contributed by atoms with Crippen LogP contribution in [0.25, 0.3) is 0 Å². The molecule has 1 amide bonds. The molecule has 4 heteroatoms. The quantitative estimate of drug-likeness (QED) is 0.903. The number of nitrogens with one attached hydrogen (secondary N) is 1. The molecule has 0 spiro atoms. The van der Waals surface area contributed by atoms with Gasteiger partial charge < -0.3 is 5.32 Å². The Bertz CT molecular complexity index is 358. The molecule has 1 saturated carbocycles. The van der Waals surface area contributed by atoms with Gasteiger partial charge in [0, 0.05) is 11.0 Å². The van der Waals surface area contributed by atoms with E-state index < -0.39 is 0 Å². The van der Waals surface area contributed by atoms with Gasteiger partial charge in [-0.3, -0.25) is 4.79 Å². The Balaban J connectivity index is 1.81. The summed E-state index contributed by atoms with van der Waals surface area (Å²) in [6.45, 7) is 0.836. The summed E-state index contributed by atoms with van der Waals surface area (Å²) in [6, 6.07) is 1.92. The number of halogens is 1. The van der Waals surface area contributed by atoms with E-state index in [4.69, 9.17) is 0 Å². The van der Waals surface area contributed by atoms with E-state index in [0.29, 0.717) is 5.92 Å². The molecule has 1 heterocycles. The molecule has 0 radical (unpaired) electrons. The highest BCUT2D eigenvalue weighted by Crippen LogP contribution is 2.24. The van der Waals surface area contributed by atoms with Crippen LogP contribution in [-0.4, -0.2) is 12.5 Å². The van der Waals surface area contributed by atoms with Crippen molar-refractivity contribution in [3.63, 3.8) is 0 Å². The number of amides is 1. The molecule has 1 aromatic heterocycles. The number of hydrogen-bond donors (Lipinski definition) is 1. The van der Waals surface area contributed by atoms with Gasteiger partial charge in [0.05, 0.1) is 0 Å². The van der Waals surface area contributed by atoms with Crippen molar-refractivity contribution in [1.29, 1.82) is 0 Å². The first-order valence-electron chi connectivity index (χ1n) is 5.78. The van der Waals surface area contributed by atoms with E-state index in [2.05, 4.69) is 21.2 Å². The van der Waals surface area contributed by atoms with E-state index in [-0.39, 0.29) is 5.91 Å². The highest BCUT2D eigenvalue weighted by atomic mass is 79.9. The Morgan fingerprint density at radius 3 is 2.81 bits per heavy atom. The molecule has 0 saturated heterocycles. The van der Waals surface area contributed by atoms with E-state index in [0.717, 1.165) is 15.9 Å². The maximum Gasteiger partial charge on any atom is 0.262 e. The molecule has 0 bridgehead atoms. The van der Waals surface area contributed by atoms with Crippen molar-refractivity contribution in [1.82, 2.24) is 5.32 Å². The number of thiophene rings is 1. The second-order valence-corrected chi connectivity index (χ2v) is 6.08. The number of carbonyl (C=O) groups is 1. The van der Waals surface area contributed by atoms with Gasteiger partial charge in [0.1, 0.15) is 4.88 Å². The predicted octanol–water partition coefficient (Wildman–Crippen LogP) is 3.82. The van der Waals surface area contributed by atoms with Crippen LogP contribution in [0.3, 0.4) is 0 Å². The van der Waals surface area contributed by atoms with E-state index in [1.54, 1.807) is 0 Å². The molecule has 88 valence electrons. The first kappa shape index (κ1) is 12.1. The van der Waals surface area contributed by atoms with Crippen molar-refractivity contribution >= 4 is 33.2 Å². The van der Waals surface area contributed by atoms with E-state index in [1.165, 1.54) is 43.4 Å². The second kappa shape index (κ2) is 5.82. The minimum absolute atomic E-state index is 0.0625. The van der Waals surface area contributed by atoms with Crippen LogP contribution in [-0.2, 0) is 0 Å². The van der Waals surface area contributed by atoms with Gasteiger partial charge in [0.15, 0.2) is 0 Å². The monoisotopic (exact) mass is 301 g/mol. The summed E-state index contributed by atoms with van der Waals surface area (Å²) in [7, 11) is 0. The summed E-state index contributed by atoms with van der Waals surface area (Å²) in [5, 5.41) is 4.97. The van der Waals surface area contributed by atoms with Gasteiger partial charge in [0.2, 0.25) is 0 Å². The van der Waals surface area contributed by atoms with Gasteiger partial charge in [0.25, 0.3) is 5.91 Å². The Morgan fingerprint density at radius 2 is 2.19 bits per heavy atom. The molecular formula is C12H16BrNOS. The van der Waals surface area contributed by atoms with Crippen molar-refractivity contribution < 1.29 is 4.79 Å². The fourth-order valence-electron chi connectivity index (χ4n) is 2.16. The first-order valence-corrected chi connectivity index (χ1v) is 7.46. The van der Waals surface area contributed by atoms with E-state index in [1.807, 2.05) is 11.4 Å². The Morgan fingerprint density at radius 1 is 1.44 bits per heavy atom. The van der Waals surface area contributed by atoms with Crippen molar-refractivity contribution in [2.45, 2.75) is 32.1 Å². The molecule has 16 heavy (non-hydrogen) atoms. The lowest BCUT2D eigenvalue weighted by Gasteiger charge is -2.21. The third-order valence-corrected chi connectivity index (χ3v) is 4.94. The molecule has 1 N–H and O–H groups in total. The minimum Gasteiger partial charge on any atom is -0.351 e. The zero-order valence-electron chi connectivity index (χ0n) is 9.17. The van der Waals surface area contributed by atoms with E-state index >= 15 is 0 Å². The number of carbonyl (C=O) groups excluding carboxylic acids is 1. The molecule has 0 atom stereocenters. The van der Waals surface area contributed by atoms with Gasteiger partial charge in [-0.1, -0.05) is 19.3 Å². The lowest BCUT2D eigenvalue weighted by Crippen LogP contribution is -2.29. The van der Waals surface area contributed by atoms with Crippen LogP contribution in [0, 0.1) is 5.92 Å². The predicted molar refractivity (Wildman–Crippen MR) is 70.9 cm³/mol. The SMILES string of the molecule is O=C(NCC1CCCCC1)c1sccc1Br. The van der Waals surface area contributed by atoms with Crippen molar-refractivity contribution in [3.8, 4) is 0 Å². The third kappa shape index (κ3) is 3.08. The summed E-state index contributed by atoms with van der Waals surface area (Å²) in [5.74, 6) is 0.754. The van der Waals surface area contributed by atoms with E-state index in [9.17, 15) is 4.79 Å². The number of rotatable bonds is 3. The average Bonchev–Trinajstić information content (AvgIpc) is 2.74. The smallest absolute Gasteiger partial charge is 0.262 e. The largest absolute Gasteiger partial charge is 0.351 e. The molecule has 2 rings (SSSR count). The summed E-state index contributed by atoms with van der Waals surface area (Å²) in [6.07, 6.45) is 6.55. The highest BCUT2D eigenvalue weighted by Gasteiger charge is 2.16. The lowest BCUT2D eigenvalue weighted by molar-refractivity contribution is 0.0947. The summed E-state index contributed by atoms with van der Waals surface area (Å²) in [5.41, 5.74) is 0. The van der Waals surface area contributed by atoms with Crippen LogP contribution in [0.2, 0.25) is 0 Å². The molecule has 1 aromatic rings. The molecule has 1 fully saturated rings. The van der Waals surface area contributed by atoms with Gasteiger partial charge in [-0.05, 0) is 46.1 Å². The maximum absolute atomic E-state index is 11.8. The van der Waals surface area contributed by atoms with Crippen LogP contribution in [0.4, 0.5) is 0 Å². The molecule has 0 aromatic carbocycles. The van der Waals surface area contributed by atoms with Crippen molar-refractivity contribution in [2.75, 3.05) is 6.54 Å². The van der Waals surface area contributed by atoms with Crippen LogP contribution in [0.15, 0.2) is 15.9 Å². The first-order chi connectivity index (χ1) is 7.77. The summed E-state index contributed by atoms with van der Waals surface area (Å²) >= 11 is 4.87. The topological polar surface area (TPSA) is 29.1 Å². The third-order valence-electron chi connectivity index (χ3n) is 3.10. The van der Waals surface area contributed by atoms with Gasteiger partial charge >= 0.3 is 0 Å². The van der Waals surface area contributed by atoms with Crippen molar-refractivity contribution in [2.24, 2.45) is 5.92 Å². The fraction of sp³-hybridized carbons (Fsp3) is 0.583. The standard InChI is InChI=1S/C12H16BrNOS/c13-10-6-7-16-11(10)12(15)14-8-9-4-2-1-3-5-9/h6-7,9H,1-5,8H2,(H,14,15). The minimum atomic E-state index is 0.0625. The van der Waals surface area contributed by atoms with Gasteiger partial charge in [-0.15, -0.1) is 11.3 Å². The number of hydrogen-bond acceptors (Lipinski definition) is 2. The highest BCUT2D eigenvalue weighted by molar-refractivity contribution is 9.10. The summed E-state index contributed by atoms with van der Waals surface area (Å²) < 4.78 is 0.902. The molecule has 0 aliphatic heterocycles. The van der Waals surface area contributed by atoms with Crippen molar-refractivity contribution in [3.05, 3.63) is 20.8 Å². The lowest BCUT2D eigenvalue weighted by atomic mass is 9.89. The fourth-order valence-corrected chi connectivity index (χ4v) is 3.63. The Kier molecular flexibility index (Phi) is 4.41. The zero-order chi connectivity index (χ0) is 11.4. The molecular weight excluding hydrogens is 286 g/mol. The zero-order valence-corrected chi connectivity index (χ0v) is 11.6. The second-order valence-electron chi connectivity index (χ2n) is 4.31.